The molecule has 0 radical (unpaired) electrons. The average molecular weight is 334 g/mol. The Labute approximate surface area is 144 Å². The van der Waals surface area contributed by atoms with Gasteiger partial charge in [0, 0.05) is 5.56 Å². The van der Waals surface area contributed by atoms with Crippen molar-refractivity contribution in [2.24, 2.45) is 5.16 Å². The Morgan fingerprint density at radius 3 is 2.72 bits per heavy atom. The number of benzene rings is 2. The Bertz CT molecular complexity index is 914. The van der Waals surface area contributed by atoms with Crippen LogP contribution in [0.15, 0.2) is 53.7 Å². The number of para-hydroxylation sites is 1. The summed E-state index contributed by atoms with van der Waals surface area (Å²) in [5, 5.41) is 4.00. The second-order valence-electron chi connectivity index (χ2n) is 5.55. The molecule has 124 valence electrons. The molecule has 6 heteroatoms. The van der Waals surface area contributed by atoms with E-state index in [2.05, 4.69) is 11.1 Å². The number of ether oxygens (including phenoxy) is 2. The molecule has 0 saturated carbocycles. The van der Waals surface area contributed by atoms with E-state index in [9.17, 15) is 4.79 Å². The lowest BCUT2D eigenvalue weighted by molar-refractivity contribution is -0.181. The van der Waals surface area contributed by atoms with Gasteiger partial charge in [-0.1, -0.05) is 18.1 Å². The van der Waals surface area contributed by atoms with Crippen LogP contribution in [0.2, 0.25) is 0 Å². The zero-order chi connectivity index (χ0) is 17.4. The molecular weight excluding hydrogens is 320 g/mol. The highest BCUT2D eigenvalue weighted by Gasteiger charge is 2.59. The Morgan fingerprint density at radius 2 is 2.00 bits per heavy atom. The van der Waals surface area contributed by atoms with Crippen LogP contribution in [0.25, 0.3) is 0 Å². The second kappa shape index (κ2) is 5.56. The van der Waals surface area contributed by atoms with Crippen LogP contribution >= 0.6 is 0 Å². The van der Waals surface area contributed by atoms with Crippen molar-refractivity contribution >= 4 is 17.5 Å². The maximum absolute atomic E-state index is 12.9. The van der Waals surface area contributed by atoms with Crippen LogP contribution < -0.4 is 9.64 Å². The van der Waals surface area contributed by atoms with Gasteiger partial charge in [0.1, 0.15) is 5.75 Å². The number of oxime groups is 1. The number of carbonyl (C=O) groups excluding carboxylic acids is 1. The minimum absolute atomic E-state index is 0.127. The Hall–Kier alpha value is -3.46. The fraction of sp³-hybridized carbons (Fsp3) is 0.158. The van der Waals surface area contributed by atoms with Gasteiger partial charge in [0.15, 0.2) is 0 Å². The zero-order valence-electron chi connectivity index (χ0n) is 13.4. The van der Waals surface area contributed by atoms with Crippen LogP contribution in [-0.2, 0) is 20.2 Å². The van der Waals surface area contributed by atoms with Crippen molar-refractivity contribution in [2.45, 2.75) is 5.79 Å². The SMILES string of the molecule is C#CCN1C(=O)C2(ON=C(c3ccc(OC)cc3)O2)c2ccccc21. The number of methoxy groups -OCH3 is 1. The van der Waals surface area contributed by atoms with Crippen molar-refractivity contribution in [3.8, 4) is 18.1 Å². The first-order chi connectivity index (χ1) is 12.2. The van der Waals surface area contributed by atoms with E-state index in [1.807, 2.05) is 12.1 Å². The van der Waals surface area contributed by atoms with E-state index >= 15 is 0 Å². The third-order valence-corrected chi connectivity index (χ3v) is 4.16. The maximum atomic E-state index is 12.9. The molecule has 0 N–H and O–H groups in total. The lowest BCUT2D eigenvalue weighted by Gasteiger charge is -2.20. The highest BCUT2D eigenvalue weighted by Crippen LogP contribution is 2.46. The molecular formula is C19H14N2O4. The molecule has 0 aliphatic carbocycles. The standard InChI is InChI=1S/C19H14N2O4/c1-3-12-21-16-7-5-4-6-15(16)19(18(21)22)24-17(20-25-19)13-8-10-14(23-2)11-9-13/h1,4-11H,12H2,2H3. The average Bonchev–Trinajstić information content (AvgIpc) is 3.20. The summed E-state index contributed by atoms with van der Waals surface area (Å²) < 4.78 is 11.1. The maximum Gasteiger partial charge on any atom is 0.386 e. The summed E-state index contributed by atoms with van der Waals surface area (Å²) in [7, 11) is 1.59. The number of nitrogens with zero attached hydrogens (tertiary/aromatic N) is 2. The molecule has 1 spiro atoms. The van der Waals surface area contributed by atoms with Crippen molar-refractivity contribution in [1.29, 1.82) is 0 Å². The Balaban J connectivity index is 1.70. The van der Waals surface area contributed by atoms with Crippen LogP contribution in [-0.4, -0.2) is 25.5 Å². The monoisotopic (exact) mass is 334 g/mol. The lowest BCUT2D eigenvalue weighted by atomic mass is 10.1. The minimum atomic E-state index is -1.62. The van der Waals surface area contributed by atoms with Gasteiger partial charge in [-0.25, -0.2) is 0 Å². The van der Waals surface area contributed by atoms with Crippen molar-refractivity contribution in [3.05, 3.63) is 59.7 Å². The van der Waals surface area contributed by atoms with E-state index in [1.54, 1.807) is 43.5 Å². The smallest absolute Gasteiger partial charge is 0.386 e. The quantitative estimate of drug-likeness (QED) is 0.808. The first kappa shape index (κ1) is 15.1. The predicted octanol–water partition coefficient (Wildman–Crippen LogP) is 2.24. The van der Waals surface area contributed by atoms with Crippen LogP contribution in [0.4, 0.5) is 5.69 Å². The largest absolute Gasteiger partial charge is 0.497 e. The van der Waals surface area contributed by atoms with E-state index in [-0.39, 0.29) is 18.3 Å². The molecule has 1 unspecified atom stereocenters. The normalized spacial score (nSPS) is 20.6. The third-order valence-electron chi connectivity index (χ3n) is 4.16. The van der Waals surface area contributed by atoms with Crippen LogP contribution in [0, 0.1) is 12.3 Å². The highest BCUT2D eigenvalue weighted by molar-refractivity contribution is 6.09. The number of anilines is 1. The van der Waals surface area contributed by atoms with Gasteiger partial charge in [-0.3, -0.25) is 9.69 Å². The molecule has 1 atom stereocenters. The molecule has 6 nitrogen and oxygen atoms in total. The van der Waals surface area contributed by atoms with Gasteiger partial charge in [-0.15, -0.1) is 6.42 Å². The molecule has 0 aromatic heterocycles. The summed E-state index contributed by atoms with van der Waals surface area (Å²) in [6.07, 6.45) is 5.39. The van der Waals surface area contributed by atoms with E-state index < -0.39 is 5.79 Å². The summed E-state index contributed by atoms with van der Waals surface area (Å²) in [5.74, 6) is 1.41. The zero-order valence-corrected chi connectivity index (χ0v) is 13.4. The number of carbonyl (C=O) groups is 1. The Morgan fingerprint density at radius 1 is 1.24 bits per heavy atom. The van der Waals surface area contributed by atoms with Gasteiger partial charge < -0.3 is 14.3 Å². The second-order valence-corrected chi connectivity index (χ2v) is 5.55. The molecule has 0 saturated heterocycles. The molecule has 0 bridgehead atoms. The Kier molecular flexibility index (Phi) is 3.36. The first-order valence-corrected chi connectivity index (χ1v) is 7.64. The fourth-order valence-electron chi connectivity index (χ4n) is 2.95. The number of fused-ring (bicyclic) bond motifs is 2. The van der Waals surface area contributed by atoms with Crippen molar-refractivity contribution < 1.29 is 19.1 Å². The van der Waals surface area contributed by atoms with Crippen molar-refractivity contribution in [1.82, 2.24) is 0 Å². The third kappa shape index (κ3) is 2.13. The summed E-state index contributed by atoms with van der Waals surface area (Å²) >= 11 is 0. The number of hydrogen-bond donors (Lipinski definition) is 0. The lowest BCUT2D eigenvalue weighted by Crippen LogP contribution is -2.42. The number of rotatable bonds is 3. The molecule has 2 aliphatic rings. The summed E-state index contributed by atoms with van der Waals surface area (Å²) in [6.45, 7) is 0.127. The number of amides is 1. The van der Waals surface area contributed by atoms with Crippen LogP contribution in [0.3, 0.4) is 0 Å². The first-order valence-electron chi connectivity index (χ1n) is 7.64. The van der Waals surface area contributed by atoms with E-state index in [0.717, 1.165) is 0 Å². The van der Waals surface area contributed by atoms with E-state index in [1.165, 1.54) is 4.90 Å². The minimum Gasteiger partial charge on any atom is -0.497 e. The molecule has 2 aromatic carbocycles. The van der Waals surface area contributed by atoms with Gasteiger partial charge >= 0.3 is 11.7 Å². The summed E-state index contributed by atoms with van der Waals surface area (Å²) in [4.78, 5) is 19.9. The van der Waals surface area contributed by atoms with E-state index in [0.29, 0.717) is 22.6 Å². The van der Waals surface area contributed by atoms with Crippen LogP contribution in [0.5, 0.6) is 5.75 Å². The topological polar surface area (TPSA) is 60.4 Å². The molecule has 1 amide bonds. The number of terminal acetylenes is 1. The summed E-state index contributed by atoms with van der Waals surface area (Å²) in [6, 6.07) is 14.3. The molecule has 2 aromatic rings. The van der Waals surface area contributed by atoms with Crippen molar-refractivity contribution in [3.63, 3.8) is 0 Å². The van der Waals surface area contributed by atoms with Gasteiger partial charge in [-0.05, 0) is 41.6 Å². The summed E-state index contributed by atoms with van der Waals surface area (Å²) in [5.41, 5.74) is 1.93. The van der Waals surface area contributed by atoms with Gasteiger partial charge in [-0.2, -0.15) is 0 Å². The van der Waals surface area contributed by atoms with Crippen LogP contribution in [0.1, 0.15) is 11.1 Å². The van der Waals surface area contributed by atoms with Gasteiger partial charge in [0.25, 0.3) is 5.90 Å². The van der Waals surface area contributed by atoms with Crippen molar-refractivity contribution in [2.75, 3.05) is 18.6 Å². The predicted molar refractivity (Wildman–Crippen MR) is 91.0 cm³/mol. The molecule has 25 heavy (non-hydrogen) atoms. The van der Waals surface area contributed by atoms with Gasteiger partial charge in [0.2, 0.25) is 0 Å². The molecule has 2 heterocycles. The molecule has 2 aliphatic heterocycles. The van der Waals surface area contributed by atoms with Gasteiger partial charge in [0.05, 0.1) is 24.9 Å². The molecule has 0 fully saturated rings. The van der Waals surface area contributed by atoms with E-state index in [4.69, 9.17) is 20.7 Å². The highest BCUT2D eigenvalue weighted by atomic mass is 16.8. The fourth-order valence-corrected chi connectivity index (χ4v) is 2.95. The number of hydrogen-bond acceptors (Lipinski definition) is 5. The molecule has 4 rings (SSSR count).